The van der Waals surface area contributed by atoms with E-state index in [0.717, 1.165) is 12.1 Å². The molecular formula is C19H20ClF3N2O3S. The lowest BCUT2D eigenvalue weighted by molar-refractivity contribution is -0.137. The fourth-order valence-electron chi connectivity index (χ4n) is 2.70. The van der Waals surface area contributed by atoms with Crippen molar-refractivity contribution in [1.82, 2.24) is 4.90 Å². The lowest BCUT2D eigenvalue weighted by Gasteiger charge is -2.28. The van der Waals surface area contributed by atoms with Crippen molar-refractivity contribution in [2.45, 2.75) is 24.9 Å². The number of hydrogen-bond donors (Lipinski definition) is 0. The molecule has 5 nitrogen and oxygen atoms in total. The lowest BCUT2D eigenvalue weighted by Crippen LogP contribution is -2.43. The van der Waals surface area contributed by atoms with Crippen LogP contribution in [0.5, 0.6) is 0 Å². The van der Waals surface area contributed by atoms with Crippen molar-refractivity contribution in [3.05, 3.63) is 59.1 Å². The minimum Gasteiger partial charge on any atom is -0.342 e. The topological polar surface area (TPSA) is 57.7 Å². The summed E-state index contributed by atoms with van der Waals surface area (Å²) < 4.78 is 66.6. The summed E-state index contributed by atoms with van der Waals surface area (Å²) in [5.74, 6) is -0.553. The second kappa shape index (κ2) is 9.04. The normalized spacial score (nSPS) is 11.9. The molecule has 0 aliphatic carbocycles. The third kappa shape index (κ3) is 5.22. The zero-order valence-electron chi connectivity index (χ0n) is 15.8. The first-order valence-corrected chi connectivity index (χ1v) is 10.6. The van der Waals surface area contributed by atoms with Crippen LogP contribution in [0.15, 0.2) is 53.4 Å². The molecule has 0 aliphatic rings. The molecule has 0 heterocycles. The summed E-state index contributed by atoms with van der Waals surface area (Å²) >= 11 is 6.07. The highest BCUT2D eigenvalue weighted by atomic mass is 35.5. The number of sulfonamides is 1. The Bertz CT molecular complexity index is 962. The van der Waals surface area contributed by atoms with E-state index >= 15 is 0 Å². The number of anilines is 1. The first-order chi connectivity index (χ1) is 13.5. The van der Waals surface area contributed by atoms with Crippen LogP contribution < -0.4 is 4.31 Å². The monoisotopic (exact) mass is 448 g/mol. The SMILES string of the molecule is CCN(CC)C(=O)CN(c1cc(C(F)(F)F)ccc1Cl)S(=O)(=O)c1ccccc1. The highest BCUT2D eigenvalue weighted by Gasteiger charge is 2.34. The van der Waals surface area contributed by atoms with Crippen LogP contribution in [-0.2, 0) is 21.0 Å². The number of halogens is 4. The van der Waals surface area contributed by atoms with Gasteiger partial charge in [-0.2, -0.15) is 13.2 Å². The number of benzene rings is 2. The largest absolute Gasteiger partial charge is 0.416 e. The number of amides is 1. The van der Waals surface area contributed by atoms with Crippen LogP contribution in [0.4, 0.5) is 18.9 Å². The zero-order valence-corrected chi connectivity index (χ0v) is 17.4. The summed E-state index contributed by atoms with van der Waals surface area (Å²) in [7, 11) is -4.35. The molecule has 0 fully saturated rings. The molecule has 0 radical (unpaired) electrons. The van der Waals surface area contributed by atoms with Crippen molar-refractivity contribution in [2.24, 2.45) is 0 Å². The fourth-order valence-corrected chi connectivity index (χ4v) is 4.41. The highest BCUT2D eigenvalue weighted by molar-refractivity contribution is 7.92. The molecule has 29 heavy (non-hydrogen) atoms. The molecule has 2 aromatic carbocycles. The molecule has 0 bridgehead atoms. The van der Waals surface area contributed by atoms with E-state index in [1.807, 2.05) is 0 Å². The molecule has 2 aromatic rings. The Labute approximate surface area is 172 Å². The number of rotatable bonds is 7. The smallest absolute Gasteiger partial charge is 0.342 e. The van der Waals surface area contributed by atoms with Gasteiger partial charge in [0, 0.05) is 13.1 Å². The molecule has 0 N–H and O–H groups in total. The number of carbonyl (C=O) groups excluding carboxylic acids is 1. The molecule has 10 heteroatoms. The van der Waals surface area contributed by atoms with Gasteiger partial charge in [-0.05, 0) is 44.2 Å². The van der Waals surface area contributed by atoms with Crippen molar-refractivity contribution in [2.75, 3.05) is 23.9 Å². The second-order valence-electron chi connectivity index (χ2n) is 6.05. The van der Waals surface area contributed by atoms with Crippen LogP contribution in [0.2, 0.25) is 5.02 Å². The van der Waals surface area contributed by atoms with Crippen molar-refractivity contribution in [3.63, 3.8) is 0 Å². The molecule has 0 aliphatic heterocycles. The van der Waals surface area contributed by atoms with Crippen molar-refractivity contribution in [3.8, 4) is 0 Å². The molecule has 2 rings (SSSR count). The van der Waals surface area contributed by atoms with E-state index in [4.69, 9.17) is 11.6 Å². The first kappa shape index (κ1) is 23.0. The average Bonchev–Trinajstić information content (AvgIpc) is 2.67. The van der Waals surface area contributed by atoms with Gasteiger partial charge in [-0.25, -0.2) is 8.42 Å². The van der Waals surface area contributed by atoms with Crippen LogP contribution in [0.1, 0.15) is 19.4 Å². The summed E-state index contributed by atoms with van der Waals surface area (Å²) in [6, 6.07) is 9.51. The van der Waals surface area contributed by atoms with Gasteiger partial charge in [0.05, 0.1) is 21.2 Å². The summed E-state index contributed by atoms with van der Waals surface area (Å²) in [4.78, 5) is 13.8. The summed E-state index contributed by atoms with van der Waals surface area (Å²) in [5.41, 5.74) is -1.48. The predicted octanol–water partition coefficient (Wildman–Crippen LogP) is 4.42. The van der Waals surface area contributed by atoms with Gasteiger partial charge in [0.25, 0.3) is 10.0 Å². The molecule has 158 valence electrons. The number of alkyl halides is 3. The molecule has 0 saturated carbocycles. The average molecular weight is 449 g/mol. The Morgan fingerprint density at radius 1 is 1.03 bits per heavy atom. The molecular weight excluding hydrogens is 429 g/mol. The molecule has 0 saturated heterocycles. The number of nitrogens with zero attached hydrogens (tertiary/aromatic N) is 2. The predicted molar refractivity (Wildman–Crippen MR) is 105 cm³/mol. The number of hydrogen-bond acceptors (Lipinski definition) is 3. The van der Waals surface area contributed by atoms with Gasteiger partial charge >= 0.3 is 6.18 Å². The minimum atomic E-state index is -4.70. The van der Waals surface area contributed by atoms with Crippen molar-refractivity contribution >= 4 is 33.2 Å². The quantitative estimate of drug-likeness (QED) is 0.630. The van der Waals surface area contributed by atoms with Crippen LogP contribution in [-0.4, -0.2) is 38.9 Å². The van der Waals surface area contributed by atoms with Gasteiger partial charge in [-0.3, -0.25) is 9.10 Å². The van der Waals surface area contributed by atoms with Crippen LogP contribution in [0.3, 0.4) is 0 Å². The van der Waals surface area contributed by atoms with E-state index in [2.05, 4.69) is 0 Å². The summed E-state index contributed by atoms with van der Waals surface area (Å²) in [6.07, 6.45) is -4.70. The summed E-state index contributed by atoms with van der Waals surface area (Å²) in [6.45, 7) is 3.40. The maximum atomic E-state index is 13.2. The third-order valence-electron chi connectivity index (χ3n) is 4.27. The van der Waals surface area contributed by atoms with E-state index in [9.17, 15) is 26.4 Å². The second-order valence-corrected chi connectivity index (χ2v) is 8.32. The maximum absolute atomic E-state index is 13.2. The Hall–Kier alpha value is -2.26. The molecule has 0 atom stereocenters. The molecule has 0 unspecified atom stereocenters. The summed E-state index contributed by atoms with van der Waals surface area (Å²) in [5, 5.41) is -0.218. The van der Waals surface area contributed by atoms with Crippen LogP contribution in [0, 0.1) is 0 Å². The van der Waals surface area contributed by atoms with E-state index in [1.54, 1.807) is 19.9 Å². The van der Waals surface area contributed by atoms with Crippen molar-refractivity contribution in [1.29, 1.82) is 0 Å². The molecule has 0 spiro atoms. The first-order valence-electron chi connectivity index (χ1n) is 8.74. The Morgan fingerprint density at radius 3 is 2.14 bits per heavy atom. The van der Waals surface area contributed by atoms with Crippen LogP contribution in [0.25, 0.3) is 0 Å². The number of likely N-dealkylation sites (N-methyl/N-ethyl adjacent to an activating group) is 1. The lowest BCUT2D eigenvalue weighted by atomic mass is 10.2. The van der Waals surface area contributed by atoms with E-state index < -0.39 is 39.9 Å². The molecule has 1 amide bonds. The number of carbonyl (C=O) groups is 1. The van der Waals surface area contributed by atoms with E-state index in [-0.39, 0.29) is 9.92 Å². The van der Waals surface area contributed by atoms with Crippen molar-refractivity contribution < 1.29 is 26.4 Å². The standard InChI is InChI=1S/C19H20ClF3N2O3S/c1-3-24(4-2)18(26)13-25(29(27,28)15-8-6-5-7-9-15)17-12-14(19(21,22)23)10-11-16(17)20/h5-12H,3-4,13H2,1-2H3. The van der Waals surface area contributed by atoms with Gasteiger partial charge in [-0.15, -0.1) is 0 Å². The maximum Gasteiger partial charge on any atom is 0.416 e. The van der Waals surface area contributed by atoms with Gasteiger partial charge < -0.3 is 4.90 Å². The van der Waals surface area contributed by atoms with Gasteiger partial charge in [0.15, 0.2) is 0 Å². The highest BCUT2D eigenvalue weighted by Crippen LogP contribution is 2.37. The zero-order chi connectivity index (χ0) is 21.8. The van der Waals surface area contributed by atoms with Gasteiger partial charge in [0.2, 0.25) is 5.91 Å². The Morgan fingerprint density at radius 2 is 1.62 bits per heavy atom. The third-order valence-corrected chi connectivity index (χ3v) is 6.36. The van der Waals surface area contributed by atoms with Crippen LogP contribution >= 0.6 is 11.6 Å². The fraction of sp³-hybridized carbons (Fsp3) is 0.316. The van der Waals surface area contributed by atoms with E-state index in [0.29, 0.717) is 23.5 Å². The minimum absolute atomic E-state index is 0.166. The van der Waals surface area contributed by atoms with Gasteiger partial charge in [0.1, 0.15) is 6.54 Å². The molecule has 0 aromatic heterocycles. The Balaban J connectivity index is 2.64. The van der Waals surface area contributed by atoms with E-state index in [1.165, 1.54) is 29.2 Å². The van der Waals surface area contributed by atoms with Gasteiger partial charge in [-0.1, -0.05) is 29.8 Å². The Kier molecular flexibility index (Phi) is 7.18.